The van der Waals surface area contributed by atoms with Gasteiger partial charge >= 0.3 is 0 Å². The van der Waals surface area contributed by atoms with E-state index in [0.29, 0.717) is 12.5 Å². The Morgan fingerprint density at radius 1 is 0.750 bits per heavy atom. The number of aromatic nitrogens is 3. The summed E-state index contributed by atoms with van der Waals surface area (Å²) in [5.74, 6) is 0.508. The molecule has 3 rings (SSSR count). The van der Waals surface area contributed by atoms with Crippen molar-refractivity contribution in [2.24, 2.45) is 0 Å². The fourth-order valence-corrected chi connectivity index (χ4v) is 1.77. The van der Waals surface area contributed by atoms with E-state index in [1.807, 2.05) is 48.5 Å². The Morgan fingerprint density at radius 2 is 1.60 bits per heavy atom. The van der Waals surface area contributed by atoms with E-state index in [2.05, 4.69) is 15.0 Å². The van der Waals surface area contributed by atoms with Gasteiger partial charge in [0.15, 0.2) is 0 Å². The number of hydrogen-bond donors (Lipinski definition) is 0. The highest BCUT2D eigenvalue weighted by molar-refractivity contribution is 5.52. The van der Waals surface area contributed by atoms with Gasteiger partial charge in [-0.25, -0.2) is 9.97 Å². The highest BCUT2D eigenvalue weighted by Gasteiger charge is 2.02. The average Bonchev–Trinajstić information content (AvgIpc) is 2.55. The maximum atomic E-state index is 5.59. The summed E-state index contributed by atoms with van der Waals surface area (Å²) in [5.41, 5.74) is 2.63. The lowest BCUT2D eigenvalue weighted by atomic mass is 10.2. The summed E-state index contributed by atoms with van der Waals surface area (Å²) in [6.07, 6.45) is 5.02. The molecule has 98 valence electrons. The van der Waals surface area contributed by atoms with Crippen molar-refractivity contribution < 1.29 is 4.74 Å². The minimum Gasteiger partial charge on any atom is -0.472 e. The quantitative estimate of drug-likeness (QED) is 0.725. The Hall–Kier alpha value is -2.75. The standard InChI is InChI=1S/C16H13N3O/c1-2-6-13(7-3-1)12-20-16-11-18-15(10-19-16)14-8-4-5-9-17-14/h1-11H,12H2. The van der Waals surface area contributed by atoms with Gasteiger partial charge < -0.3 is 4.74 Å². The minimum atomic E-state index is 0.485. The molecule has 0 unspecified atom stereocenters. The topological polar surface area (TPSA) is 47.9 Å². The van der Waals surface area contributed by atoms with E-state index < -0.39 is 0 Å². The molecule has 2 heterocycles. The fourth-order valence-electron chi connectivity index (χ4n) is 1.77. The van der Waals surface area contributed by atoms with Crippen molar-refractivity contribution in [2.75, 3.05) is 0 Å². The molecule has 0 saturated carbocycles. The van der Waals surface area contributed by atoms with Gasteiger partial charge in [0.2, 0.25) is 5.88 Å². The lowest BCUT2D eigenvalue weighted by molar-refractivity contribution is 0.292. The summed E-state index contributed by atoms with van der Waals surface area (Å²) in [7, 11) is 0. The normalized spacial score (nSPS) is 10.2. The van der Waals surface area contributed by atoms with Crippen LogP contribution in [0.2, 0.25) is 0 Å². The first kappa shape index (κ1) is 12.3. The Labute approximate surface area is 117 Å². The average molecular weight is 263 g/mol. The molecule has 0 aliphatic carbocycles. The fraction of sp³-hybridized carbons (Fsp3) is 0.0625. The zero-order valence-electron chi connectivity index (χ0n) is 10.8. The first-order valence-electron chi connectivity index (χ1n) is 6.32. The molecular formula is C16H13N3O. The van der Waals surface area contributed by atoms with Crippen LogP contribution in [0.3, 0.4) is 0 Å². The van der Waals surface area contributed by atoms with Crippen molar-refractivity contribution in [3.05, 3.63) is 72.7 Å². The van der Waals surface area contributed by atoms with Gasteiger partial charge in [-0.2, -0.15) is 0 Å². The van der Waals surface area contributed by atoms with Crippen LogP contribution in [0.25, 0.3) is 11.4 Å². The maximum absolute atomic E-state index is 5.59. The zero-order valence-corrected chi connectivity index (χ0v) is 10.8. The number of rotatable bonds is 4. The van der Waals surface area contributed by atoms with Crippen molar-refractivity contribution in [1.82, 2.24) is 15.0 Å². The van der Waals surface area contributed by atoms with Crippen LogP contribution in [-0.4, -0.2) is 15.0 Å². The van der Waals surface area contributed by atoms with E-state index in [1.165, 1.54) is 0 Å². The predicted octanol–water partition coefficient (Wildman–Crippen LogP) is 3.12. The second kappa shape index (κ2) is 5.93. The molecule has 0 aliphatic heterocycles. The molecule has 0 bridgehead atoms. The zero-order chi connectivity index (χ0) is 13.6. The van der Waals surface area contributed by atoms with E-state index in [9.17, 15) is 0 Å². The summed E-state index contributed by atoms with van der Waals surface area (Å²) >= 11 is 0. The van der Waals surface area contributed by atoms with E-state index in [-0.39, 0.29) is 0 Å². The maximum Gasteiger partial charge on any atom is 0.232 e. The van der Waals surface area contributed by atoms with Crippen LogP contribution in [0, 0.1) is 0 Å². The summed E-state index contributed by atoms with van der Waals surface area (Å²) in [6.45, 7) is 0.485. The van der Waals surface area contributed by atoms with Crippen LogP contribution in [0.1, 0.15) is 5.56 Å². The van der Waals surface area contributed by atoms with Gasteiger partial charge in [-0.05, 0) is 17.7 Å². The third kappa shape index (κ3) is 2.98. The number of pyridine rings is 1. The van der Waals surface area contributed by atoms with Crippen molar-refractivity contribution in [2.45, 2.75) is 6.61 Å². The van der Waals surface area contributed by atoms with Gasteiger partial charge in [-0.3, -0.25) is 4.98 Å². The molecule has 0 amide bonds. The number of hydrogen-bond acceptors (Lipinski definition) is 4. The summed E-state index contributed by atoms with van der Waals surface area (Å²) in [5, 5.41) is 0. The van der Waals surface area contributed by atoms with Gasteiger partial charge in [0, 0.05) is 6.20 Å². The molecule has 0 saturated heterocycles. The first-order valence-corrected chi connectivity index (χ1v) is 6.32. The molecular weight excluding hydrogens is 250 g/mol. The van der Waals surface area contributed by atoms with Gasteiger partial charge in [-0.15, -0.1) is 0 Å². The van der Waals surface area contributed by atoms with Crippen LogP contribution in [-0.2, 0) is 6.61 Å². The molecule has 0 N–H and O–H groups in total. The third-order valence-corrected chi connectivity index (χ3v) is 2.79. The Kier molecular flexibility index (Phi) is 3.64. The van der Waals surface area contributed by atoms with Crippen molar-refractivity contribution in [1.29, 1.82) is 0 Å². The smallest absolute Gasteiger partial charge is 0.232 e. The number of nitrogens with zero attached hydrogens (tertiary/aromatic N) is 3. The molecule has 0 atom stereocenters. The molecule has 3 aromatic rings. The summed E-state index contributed by atoms with van der Waals surface area (Å²) in [4.78, 5) is 12.8. The lowest BCUT2D eigenvalue weighted by Gasteiger charge is -2.05. The van der Waals surface area contributed by atoms with Gasteiger partial charge in [0.25, 0.3) is 0 Å². The first-order chi connectivity index (χ1) is 9.92. The Bertz CT molecular complexity index is 654. The van der Waals surface area contributed by atoms with Gasteiger partial charge in [0.1, 0.15) is 12.3 Å². The SMILES string of the molecule is c1ccc(COc2cnc(-c3ccccn3)cn2)cc1. The summed E-state index contributed by atoms with van der Waals surface area (Å²) < 4.78 is 5.59. The van der Waals surface area contributed by atoms with Crippen LogP contribution < -0.4 is 4.74 Å². The van der Waals surface area contributed by atoms with Crippen LogP contribution in [0.15, 0.2) is 67.1 Å². The molecule has 2 aromatic heterocycles. The molecule has 1 aromatic carbocycles. The van der Waals surface area contributed by atoms with Crippen molar-refractivity contribution >= 4 is 0 Å². The Balaban J connectivity index is 1.68. The molecule has 0 radical (unpaired) electrons. The predicted molar refractivity (Wildman–Crippen MR) is 76.0 cm³/mol. The largest absolute Gasteiger partial charge is 0.472 e. The highest BCUT2D eigenvalue weighted by atomic mass is 16.5. The molecule has 0 fully saturated rings. The van der Waals surface area contributed by atoms with E-state index >= 15 is 0 Å². The minimum absolute atomic E-state index is 0.485. The highest BCUT2D eigenvalue weighted by Crippen LogP contribution is 2.14. The Morgan fingerprint density at radius 3 is 2.30 bits per heavy atom. The van der Waals surface area contributed by atoms with Crippen molar-refractivity contribution in [3.8, 4) is 17.3 Å². The van der Waals surface area contributed by atoms with Gasteiger partial charge in [0.05, 0.1) is 18.1 Å². The monoisotopic (exact) mass is 263 g/mol. The number of ether oxygens (including phenoxy) is 1. The molecule has 4 heteroatoms. The second-order valence-electron chi connectivity index (χ2n) is 4.23. The molecule has 4 nitrogen and oxygen atoms in total. The second-order valence-corrected chi connectivity index (χ2v) is 4.23. The molecule has 0 aliphatic rings. The van der Waals surface area contributed by atoms with Crippen LogP contribution in [0.4, 0.5) is 0 Å². The van der Waals surface area contributed by atoms with Gasteiger partial charge in [-0.1, -0.05) is 36.4 Å². The summed E-state index contributed by atoms with van der Waals surface area (Å²) in [6, 6.07) is 15.6. The van der Waals surface area contributed by atoms with Crippen LogP contribution in [0.5, 0.6) is 5.88 Å². The molecule has 20 heavy (non-hydrogen) atoms. The third-order valence-electron chi connectivity index (χ3n) is 2.79. The van der Waals surface area contributed by atoms with E-state index in [0.717, 1.165) is 17.0 Å². The van der Waals surface area contributed by atoms with Crippen LogP contribution >= 0.6 is 0 Å². The lowest BCUT2D eigenvalue weighted by Crippen LogP contribution is -1.98. The van der Waals surface area contributed by atoms with E-state index in [4.69, 9.17) is 4.74 Å². The number of benzene rings is 1. The van der Waals surface area contributed by atoms with E-state index in [1.54, 1.807) is 18.6 Å². The molecule has 0 spiro atoms. The van der Waals surface area contributed by atoms with Crippen molar-refractivity contribution in [3.63, 3.8) is 0 Å².